The second-order valence-corrected chi connectivity index (χ2v) is 3.31. The van der Waals surface area contributed by atoms with Gasteiger partial charge in [-0.1, -0.05) is 6.58 Å². The molecule has 0 saturated heterocycles. The average molecular weight is 254 g/mol. The summed E-state index contributed by atoms with van der Waals surface area (Å²) >= 11 is 0. The highest BCUT2D eigenvalue weighted by Crippen LogP contribution is 2.25. The molecule has 0 aromatic carbocycles. The lowest BCUT2D eigenvalue weighted by Gasteiger charge is -2.11. The number of ether oxygens (including phenoxy) is 1. The standard InChI is InChI=1S/C10H8F2N4O2/c1-3-10(11,12)16-8-6(5-14-16)4-13-7(15-8)9(17)18-2/h3-5H,1H2,2H3. The highest BCUT2D eigenvalue weighted by atomic mass is 19.3. The number of hydrogen-bond acceptors (Lipinski definition) is 5. The van der Waals surface area contributed by atoms with Crippen LogP contribution in [0.3, 0.4) is 0 Å². The van der Waals surface area contributed by atoms with Gasteiger partial charge in [-0.15, -0.1) is 0 Å². The topological polar surface area (TPSA) is 69.9 Å². The first-order valence-corrected chi connectivity index (χ1v) is 4.80. The van der Waals surface area contributed by atoms with Crippen LogP contribution in [0.1, 0.15) is 10.6 Å². The Morgan fingerprint density at radius 1 is 1.56 bits per heavy atom. The van der Waals surface area contributed by atoms with Crippen molar-refractivity contribution >= 4 is 17.0 Å². The Hall–Kier alpha value is -2.38. The van der Waals surface area contributed by atoms with E-state index in [-0.39, 0.29) is 16.9 Å². The van der Waals surface area contributed by atoms with E-state index in [9.17, 15) is 13.6 Å². The largest absolute Gasteiger partial charge is 0.463 e. The maximum Gasteiger partial charge on any atom is 0.376 e. The molecule has 94 valence electrons. The summed E-state index contributed by atoms with van der Waals surface area (Å²) in [6, 6.07) is -3.40. The number of carbonyl (C=O) groups is 1. The lowest BCUT2D eigenvalue weighted by atomic mass is 10.4. The van der Waals surface area contributed by atoms with E-state index in [0.29, 0.717) is 10.8 Å². The Balaban J connectivity index is 2.64. The number of esters is 1. The molecule has 0 spiro atoms. The summed E-state index contributed by atoms with van der Waals surface area (Å²) in [6.45, 7) is 3.02. The third kappa shape index (κ3) is 1.81. The van der Waals surface area contributed by atoms with Crippen molar-refractivity contribution < 1.29 is 18.3 Å². The molecule has 18 heavy (non-hydrogen) atoms. The van der Waals surface area contributed by atoms with Gasteiger partial charge in [0, 0.05) is 12.3 Å². The number of alkyl halides is 2. The summed E-state index contributed by atoms with van der Waals surface area (Å²) in [5, 5.41) is 3.79. The number of halogens is 2. The van der Waals surface area contributed by atoms with Gasteiger partial charge in [-0.05, 0) is 0 Å². The van der Waals surface area contributed by atoms with Crippen LogP contribution < -0.4 is 0 Å². The molecule has 0 aliphatic rings. The summed E-state index contributed by atoms with van der Waals surface area (Å²) in [6.07, 6.45) is 2.82. The number of nitrogens with zero attached hydrogens (tertiary/aromatic N) is 4. The first kappa shape index (κ1) is 12.1. The minimum absolute atomic E-state index is 0.171. The zero-order chi connectivity index (χ0) is 13.3. The van der Waals surface area contributed by atoms with E-state index in [4.69, 9.17) is 0 Å². The van der Waals surface area contributed by atoms with E-state index in [2.05, 4.69) is 26.4 Å². The normalized spacial score (nSPS) is 11.5. The zero-order valence-electron chi connectivity index (χ0n) is 9.30. The molecule has 2 aromatic rings. The minimum Gasteiger partial charge on any atom is -0.463 e. The smallest absolute Gasteiger partial charge is 0.376 e. The third-order valence-electron chi connectivity index (χ3n) is 2.20. The fourth-order valence-electron chi connectivity index (χ4n) is 1.31. The molecule has 0 radical (unpaired) electrons. The van der Waals surface area contributed by atoms with Gasteiger partial charge >= 0.3 is 12.0 Å². The first-order valence-electron chi connectivity index (χ1n) is 4.80. The number of aromatic nitrogens is 4. The van der Waals surface area contributed by atoms with Crippen molar-refractivity contribution in [1.82, 2.24) is 19.7 Å². The molecule has 8 heteroatoms. The van der Waals surface area contributed by atoms with E-state index in [1.165, 1.54) is 12.4 Å². The molecule has 0 aliphatic heterocycles. The Morgan fingerprint density at radius 2 is 2.28 bits per heavy atom. The maximum absolute atomic E-state index is 13.5. The van der Waals surface area contributed by atoms with E-state index in [1.54, 1.807) is 0 Å². The Morgan fingerprint density at radius 3 is 2.89 bits per heavy atom. The van der Waals surface area contributed by atoms with Gasteiger partial charge in [0.15, 0.2) is 5.65 Å². The minimum atomic E-state index is -3.40. The van der Waals surface area contributed by atoms with Crippen molar-refractivity contribution in [3.05, 3.63) is 30.9 Å². The van der Waals surface area contributed by atoms with Gasteiger partial charge in [-0.2, -0.15) is 18.6 Å². The molecule has 0 fully saturated rings. The molecule has 2 rings (SSSR count). The van der Waals surface area contributed by atoms with E-state index >= 15 is 0 Å². The van der Waals surface area contributed by atoms with Crippen LogP contribution in [0.15, 0.2) is 25.0 Å². The van der Waals surface area contributed by atoms with Crippen molar-refractivity contribution in [2.45, 2.75) is 6.05 Å². The van der Waals surface area contributed by atoms with Gasteiger partial charge in [0.25, 0.3) is 0 Å². The number of hydrogen-bond donors (Lipinski definition) is 0. The fourth-order valence-corrected chi connectivity index (χ4v) is 1.31. The van der Waals surface area contributed by atoms with Gasteiger partial charge in [0.2, 0.25) is 5.82 Å². The molecule has 2 aromatic heterocycles. The molecular formula is C10H8F2N4O2. The van der Waals surface area contributed by atoms with Crippen LogP contribution in [-0.2, 0) is 10.8 Å². The summed E-state index contributed by atoms with van der Waals surface area (Å²) in [5.41, 5.74) is -0.171. The highest BCUT2D eigenvalue weighted by molar-refractivity contribution is 5.87. The monoisotopic (exact) mass is 254 g/mol. The second-order valence-electron chi connectivity index (χ2n) is 3.31. The van der Waals surface area contributed by atoms with Gasteiger partial charge in [-0.25, -0.2) is 14.8 Å². The predicted molar refractivity (Wildman–Crippen MR) is 57.0 cm³/mol. The molecule has 0 atom stereocenters. The lowest BCUT2D eigenvalue weighted by molar-refractivity contribution is -0.0355. The number of carbonyl (C=O) groups excluding carboxylic acids is 1. The molecule has 0 bridgehead atoms. The van der Waals surface area contributed by atoms with Crippen LogP contribution in [-0.4, -0.2) is 32.8 Å². The van der Waals surface area contributed by atoms with Crippen molar-refractivity contribution in [3.63, 3.8) is 0 Å². The van der Waals surface area contributed by atoms with Crippen LogP contribution in [0.4, 0.5) is 8.78 Å². The summed E-state index contributed by atoms with van der Waals surface area (Å²) in [5.74, 6) is -1.13. The number of rotatable bonds is 3. The molecule has 2 heterocycles. The summed E-state index contributed by atoms with van der Waals surface area (Å²) in [4.78, 5) is 18.6. The lowest BCUT2D eigenvalue weighted by Crippen LogP contribution is -2.22. The van der Waals surface area contributed by atoms with E-state index < -0.39 is 12.0 Å². The summed E-state index contributed by atoms with van der Waals surface area (Å²) < 4.78 is 31.7. The predicted octanol–water partition coefficient (Wildman–Crippen LogP) is 1.35. The Bertz CT molecular complexity index is 623. The van der Waals surface area contributed by atoms with Crippen LogP contribution in [0, 0.1) is 0 Å². The van der Waals surface area contributed by atoms with Crippen molar-refractivity contribution in [2.24, 2.45) is 0 Å². The molecular weight excluding hydrogens is 246 g/mol. The SMILES string of the molecule is C=CC(F)(F)n1ncc2cnc(C(=O)OC)nc21. The number of methoxy groups -OCH3 is 1. The molecule has 0 amide bonds. The summed E-state index contributed by atoms with van der Waals surface area (Å²) in [7, 11) is 1.14. The van der Waals surface area contributed by atoms with E-state index in [1.807, 2.05) is 0 Å². The van der Waals surface area contributed by atoms with Gasteiger partial charge in [0.1, 0.15) is 0 Å². The van der Waals surface area contributed by atoms with Crippen molar-refractivity contribution in [1.29, 1.82) is 0 Å². The van der Waals surface area contributed by atoms with Crippen molar-refractivity contribution in [2.75, 3.05) is 7.11 Å². The van der Waals surface area contributed by atoms with Crippen LogP contribution in [0.2, 0.25) is 0 Å². The first-order chi connectivity index (χ1) is 8.49. The number of fused-ring (bicyclic) bond motifs is 1. The van der Waals surface area contributed by atoms with Gasteiger partial charge < -0.3 is 4.74 Å². The van der Waals surface area contributed by atoms with Crippen molar-refractivity contribution in [3.8, 4) is 0 Å². The Kier molecular flexibility index (Phi) is 2.77. The van der Waals surface area contributed by atoms with Crippen LogP contribution in [0.25, 0.3) is 11.0 Å². The zero-order valence-corrected chi connectivity index (χ0v) is 9.30. The second kappa shape index (κ2) is 4.13. The van der Waals surface area contributed by atoms with Gasteiger partial charge in [0.05, 0.1) is 18.7 Å². The quantitative estimate of drug-likeness (QED) is 0.610. The van der Waals surface area contributed by atoms with E-state index in [0.717, 1.165) is 7.11 Å². The highest BCUT2D eigenvalue weighted by Gasteiger charge is 2.30. The number of allylic oxidation sites excluding steroid dienone is 1. The average Bonchev–Trinajstić information content (AvgIpc) is 2.81. The molecule has 0 N–H and O–H groups in total. The molecule has 0 aliphatic carbocycles. The third-order valence-corrected chi connectivity index (χ3v) is 2.20. The van der Waals surface area contributed by atoms with Crippen LogP contribution >= 0.6 is 0 Å². The molecule has 0 unspecified atom stereocenters. The maximum atomic E-state index is 13.5. The fraction of sp³-hybridized carbons (Fsp3) is 0.200. The molecule has 0 saturated carbocycles. The molecule has 6 nitrogen and oxygen atoms in total. The van der Waals surface area contributed by atoms with Gasteiger partial charge in [-0.3, -0.25) is 0 Å². The van der Waals surface area contributed by atoms with Crippen LogP contribution in [0.5, 0.6) is 0 Å². The Labute approximate surface area is 99.9 Å².